The second kappa shape index (κ2) is 6.18. The third-order valence-electron chi connectivity index (χ3n) is 2.47. The third-order valence-corrected chi connectivity index (χ3v) is 3.91. The summed E-state index contributed by atoms with van der Waals surface area (Å²) in [6.45, 7) is 2.07. The van der Waals surface area contributed by atoms with E-state index in [1.165, 1.54) is 18.2 Å². The van der Waals surface area contributed by atoms with Crippen molar-refractivity contribution in [2.24, 2.45) is 0 Å². The summed E-state index contributed by atoms with van der Waals surface area (Å²) in [5.74, 6) is 0. The quantitative estimate of drug-likeness (QED) is 0.628. The molecule has 1 aromatic rings. The van der Waals surface area contributed by atoms with E-state index < -0.39 is 28.0 Å². The minimum Gasteiger partial charge on any atom is -0.377 e. The van der Waals surface area contributed by atoms with E-state index in [9.17, 15) is 31.8 Å². The summed E-state index contributed by atoms with van der Waals surface area (Å²) in [4.78, 5) is 0. The summed E-state index contributed by atoms with van der Waals surface area (Å²) in [5.41, 5.74) is -5.96. The molecule has 0 amide bonds. The van der Waals surface area contributed by atoms with Gasteiger partial charge in [-0.2, -0.15) is 31.0 Å². The first-order valence-corrected chi connectivity index (χ1v) is 7.25. The standard InChI is InChI=1S/C11H15F3N2O4S/c1-8(17)15(9(2)18)16(10-6-4-3-5-7-10)21(19,20)11(12,13)14/h3-9,17-18H,1-2H3. The highest BCUT2D eigenvalue weighted by atomic mass is 32.2. The lowest BCUT2D eigenvalue weighted by Gasteiger charge is -2.38. The highest BCUT2D eigenvalue weighted by molar-refractivity contribution is 7.93. The van der Waals surface area contributed by atoms with E-state index in [0.29, 0.717) is 5.01 Å². The van der Waals surface area contributed by atoms with Gasteiger partial charge in [0.2, 0.25) is 0 Å². The SMILES string of the molecule is CC(O)N(C(C)O)N(c1ccccc1)S(=O)(=O)C(F)(F)F. The Morgan fingerprint density at radius 2 is 1.48 bits per heavy atom. The zero-order chi connectivity index (χ0) is 16.4. The average molecular weight is 328 g/mol. The van der Waals surface area contributed by atoms with Crippen LogP contribution < -0.4 is 4.41 Å². The maximum absolute atomic E-state index is 12.8. The summed E-state index contributed by atoms with van der Waals surface area (Å²) < 4.78 is 61.8. The van der Waals surface area contributed by atoms with Crippen LogP contribution in [0.15, 0.2) is 30.3 Å². The Balaban J connectivity index is 3.52. The Labute approximate surface area is 120 Å². The van der Waals surface area contributed by atoms with E-state index >= 15 is 0 Å². The Morgan fingerprint density at radius 1 is 1.05 bits per heavy atom. The number of benzene rings is 1. The Kier molecular flexibility index (Phi) is 5.20. The Bertz CT molecular complexity index is 553. The van der Waals surface area contributed by atoms with Crippen molar-refractivity contribution >= 4 is 15.7 Å². The van der Waals surface area contributed by atoms with E-state index in [-0.39, 0.29) is 10.1 Å². The lowest BCUT2D eigenvalue weighted by Crippen LogP contribution is -2.58. The lowest BCUT2D eigenvalue weighted by molar-refractivity contribution is -0.0866. The molecule has 2 N–H and O–H groups in total. The number of halogens is 3. The number of alkyl halides is 3. The van der Waals surface area contributed by atoms with Gasteiger partial charge in [-0.3, -0.25) is 0 Å². The van der Waals surface area contributed by atoms with Crippen LogP contribution in [0.5, 0.6) is 0 Å². The van der Waals surface area contributed by atoms with Crippen molar-refractivity contribution in [3.05, 3.63) is 30.3 Å². The van der Waals surface area contributed by atoms with Gasteiger partial charge >= 0.3 is 15.5 Å². The lowest BCUT2D eigenvalue weighted by atomic mass is 10.3. The van der Waals surface area contributed by atoms with Gasteiger partial charge in [0.25, 0.3) is 0 Å². The molecule has 1 rings (SSSR count). The summed E-state index contributed by atoms with van der Waals surface area (Å²) in [5, 5.41) is 19.4. The first kappa shape index (κ1) is 17.7. The molecular formula is C11H15F3N2O4S. The average Bonchev–Trinajstić information content (AvgIpc) is 2.34. The fourth-order valence-electron chi connectivity index (χ4n) is 1.67. The van der Waals surface area contributed by atoms with Crippen molar-refractivity contribution in [3.63, 3.8) is 0 Å². The van der Waals surface area contributed by atoms with Crippen LogP contribution in [0.2, 0.25) is 0 Å². The minimum atomic E-state index is -5.84. The van der Waals surface area contributed by atoms with Crippen LogP contribution in [0.3, 0.4) is 0 Å². The van der Waals surface area contributed by atoms with Gasteiger partial charge in [0.1, 0.15) is 12.5 Å². The molecule has 2 unspecified atom stereocenters. The number of hydrazine groups is 1. The second-order valence-corrected chi connectivity index (χ2v) is 5.93. The predicted octanol–water partition coefficient (Wildman–Crippen LogP) is 1.24. The Hall–Kier alpha value is -1.36. The molecule has 0 fully saturated rings. The second-order valence-electron chi connectivity index (χ2n) is 4.17. The minimum absolute atomic E-state index is 0.150. The number of hydrogen-bond acceptors (Lipinski definition) is 5. The molecule has 1 aromatic carbocycles. The smallest absolute Gasteiger partial charge is 0.377 e. The van der Waals surface area contributed by atoms with Crippen LogP contribution in [-0.2, 0) is 10.0 Å². The molecule has 0 saturated heterocycles. The molecular weight excluding hydrogens is 313 g/mol. The van der Waals surface area contributed by atoms with Gasteiger partial charge in [0.05, 0.1) is 5.69 Å². The van der Waals surface area contributed by atoms with E-state index in [1.54, 1.807) is 0 Å². The third kappa shape index (κ3) is 3.64. The first-order valence-electron chi connectivity index (χ1n) is 5.81. The van der Waals surface area contributed by atoms with Crippen molar-refractivity contribution in [3.8, 4) is 0 Å². The molecule has 6 nitrogen and oxygen atoms in total. The zero-order valence-electron chi connectivity index (χ0n) is 11.2. The molecule has 0 aliphatic rings. The van der Waals surface area contributed by atoms with Crippen LogP contribution >= 0.6 is 0 Å². The summed E-state index contributed by atoms with van der Waals surface area (Å²) in [6, 6.07) is 6.37. The Morgan fingerprint density at radius 3 is 1.81 bits per heavy atom. The molecule has 0 heterocycles. The van der Waals surface area contributed by atoms with Gasteiger partial charge in [0.15, 0.2) is 0 Å². The highest BCUT2D eigenvalue weighted by Crippen LogP contribution is 2.33. The van der Waals surface area contributed by atoms with Crippen molar-refractivity contribution < 1.29 is 31.8 Å². The van der Waals surface area contributed by atoms with Gasteiger partial charge in [-0.25, -0.2) is 0 Å². The van der Waals surface area contributed by atoms with Crippen LogP contribution in [0, 0.1) is 0 Å². The topological polar surface area (TPSA) is 81.1 Å². The van der Waals surface area contributed by atoms with Crippen LogP contribution in [0.25, 0.3) is 0 Å². The fourth-order valence-corrected chi connectivity index (χ4v) is 2.78. The zero-order valence-corrected chi connectivity index (χ0v) is 12.0. The summed E-state index contributed by atoms with van der Waals surface area (Å²) >= 11 is 0. The predicted molar refractivity (Wildman–Crippen MR) is 69.1 cm³/mol. The number of hydrogen-bond donors (Lipinski definition) is 2. The molecule has 0 bridgehead atoms. The van der Waals surface area contributed by atoms with E-state index in [0.717, 1.165) is 26.0 Å². The van der Waals surface area contributed by atoms with Crippen molar-refractivity contribution in [2.75, 3.05) is 4.41 Å². The summed E-state index contributed by atoms with van der Waals surface area (Å²) in [7, 11) is -5.84. The van der Waals surface area contributed by atoms with Gasteiger partial charge in [-0.1, -0.05) is 18.2 Å². The molecule has 120 valence electrons. The van der Waals surface area contributed by atoms with Gasteiger partial charge in [0, 0.05) is 0 Å². The van der Waals surface area contributed by atoms with E-state index in [4.69, 9.17) is 0 Å². The van der Waals surface area contributed by atoms with Crippen LogP contribution in [-0.4, -0.2) is 41.6 Å². The molecule has 0 saturated carbocycles. The maximum Gasteiger partial charge on any atom is 0.518 e. The number of rotatable bonds is 5. The fraction of sp³-hybridized carbons (Fsp3) is 0.455. The molecule has 0 aromatic heterocycles. The van der Waals surface area contributed by atoms with E-state index in [1.807, 2.05) is 0 Å². The first-order chi connectivity index (χ1) is 9.50. The summed E-state index contributed by atoms with van der Waals surface area (Å²) in [6.07, 6.45) is -3.36. The van der Waals surface area contributed by atoms with Crippen LogP contribution in [0.4, 0.5) is 18.9 Å². The maximum atomic E-state index is 12.8. The molecule has 0 aliphatic heterocycles. The monoisotopic (exact) mass is 328 g/mol. The number of sulfonamides is 1. The van der Waals surface area contributed by atoms with E-state index in [2.05, 4.69) is 0 Å². The van der Waals surface area contributed by atoms with Crippen LogP contribution in [0.1, 0.15) is 13.8 Å². The number of aliphatic hydroxyl groups excluding tert-OH is 2. The molecule has 10 heteroatoms. The molecule has 0 radical (unpaired) electrons. The number of nitrogens with zero attached hydrogens (tertiary/aromatic N) is 2. The molecule has 0 aliphatic carbocycles. The van der Waals surface area contributed by atoms with Crippen molar-refractivity contribution in [1.82, 2.24) is 5.01 Å². The highest BCUT2D eigenvalue weighted by Gasteiger charge is 2.53. The van der Waals surface area contributed by atoms with Crippen molar-refractivity contribution in [2.45, 2.75) is 31.8 Å². The van der Waals surface area contributed by atoms with Crippen molar-refractivity contribution in [1.29, 1.82) is 0 Å². The molecule has 21 heavy (non-hydrogen) atoms. The normalized spacial score (nSPS) is 15.8. The van der Waals surface area contributed by atoms with Gasteiger partial charge < -0.3 is 10.2 Å². The number of para-hydroxylation sites is 1. The molecule has 0 spiro atoms. The van der Waals surface area contributed by atoms with Gasteiger partial charge in [-0.15, -0.1) is 0 Å². The van der Waals surface area contributed by atoms with Gasteiger partial charge in [-0.05, 0) is 26.0 Å². The molecule has 2 atom stereocenters. The number of aliphatic hydroxyl groups is 2. The largest absolute Gasteiger partial charge is 0.518 e. The number of anilines is 1.